The van der Waals surface area contributed by atoms with E-state index in [1.807, 2.05) is 0 Å². The first-order valence-electron chi connectivity index (χ1n) is 20.6. The van der Waals surface area contributed by atoms with E-state index in [2.05, 4.69) is 217 Å². The van der Waals surface area contributed by atoms with Gasteiger partial charge in [0.15, 0.2) is 0 Å². The molecule has 1 aromatic heterocycles. The average molecular weight is 766 g/mol. The molecule has 0 atom stereocenters. The van der Waals surface area contributed by atoms with Gasteiger partial charge in [-0.2, -0.15) is 0 Å². The molecule has 1 aliphatic heterocycles. The van der Waals surface area contributed by atoms with Crippen LogP contribution in [0.25, 0.3) is 65.7 Å². The Labute approximate surface area is 347 Å². The molecule has 3 nitrogen and oxygen atoms in total. The molecule has 280 valence electrons. The Morgan fingerprint density at radius 3 is 1.85 bits per heavy atom. The minimum atomic E-state index is -0.595. The monoisotopic (exact) mass is 765 g/mol. The molecule has 0 unspecified atom stereocenters. The number of fused-ring (bicyclic) bond motifs is 15. The van der Waals surface area contributed by atoms with Crippen molar-refractivity contribution in [1.82, 2.24) is 0 Å². The molecule has 2 aliphatic rings. The molecule has 0 amide bonds. The normalized spacial score (nSPS) is 13.3. The molecule has 11 aromatic rings. The average Bonchev–Trinajstić information content (AvgIpc) is 3.84. The highest BCUT2D eigenvalue weighted by atomic mass is 16.5. The summed E-state index contributed by atoms with van der Waals surface area (Å²) in [5, 5.41) is 6.86. The molecule has 0 N–H and O–H groups in total. The number of ether oxygens (including phenoxy) is 1. The molecule has 60 heavy (non-hydrogen) atoms. The van der Waals surface area contributed by atoms with Crippen LogP contribution in [0.15, 0.2) is 217 Å². The van der Waals surface area contributed by atoms with Crippen LogP contribution in [0, 0.1) is 0 Å². The summed E-state index contributed by atoms with van der Waals surface area (Å²) in [6.07, 6.45) is 0. The van der Waals surface area contributed by atoms with E-state index < -0.39 is 5.41 Å². The Bertz CT molecular complexity index is 3500. The van der Waals surface area contributed by atoms with E-state index in [0.717, 1.165) is 72.4 Å². The van der Waals surface area contributed by atoms with Crippen LogP contribution in [0.5, 0.6) is 11.5 Å². The van der Waals surface area contributed by atoms with Crippen molar-refractivity contribution in [2.75, 3.05) is 4.90 Å². The Morgan fingerprint density at radius 1 is 0.383 bits per heavy atom. The highest BCUT2D eigenvalue weighted by molar-refractivity contribution is 6.16. The Kier molecular flexibility index (Phi) is 6.93. The van der Waals surface area contributed by atoms with Crippen LogP contribution in [0.3, 0.4) is 0 Å². The van der Waals surface area contributed by atoms with Crippen molar-refractivity contribution in [3.05, 3.63) is 235 Å². The number of para-hydroxylation sites is 2. The number of nitrogens with zero attached hydrogens (tertiary/aromatic N) is 1. The van der Waals surface area contributed by atoms with Crippen LogP contribution < -0.4 is 9.64 Å². The number of furan rings is 1. The molecule has 0 saturated carbocycles. The van der Waals surface area contributed by atoms with Crippen LogP contribution in [0.4, 0.5) is 17.1 Å². The van der Waals surface area contributed by atoms with E-state index in [-0.39, 0.29) is 0 Å². The summed E-state index contributed by atoms with van der Waals surface area (Å²) in [4.78, 5) is 2.47. The second-order valence-electron chi connectivity index (χ2n) is 15.9. The predicted molar refractivity (Wildman–Crippen MR) is 246 cm³/mol. The summed E-state index contributed by atoms with van der Waals surface area (Å²) in [5.41, 5.74) is 13.9. The molecule has 0 radical (unpaired) electrons. The van der Waals surface area contributed by atoms with Crippen molar-refractivity contribution < 1.29 is 9.15 Å². The Hall–Kier alpha value is -7.88. The fourth-order valence-corrected chi connectivity index (χ4v) is 10.5. The summed E-state index contributed by atoms with van der Waals surface area (Å²) in [6.45, 7) is 0. The molecule has 1 aliphatic carbocycles. The lowest BCUT2D eigenvalue weighted by molar-refractivity contribution is 0.436. The summed E-state index contributed by atoms with van der Waals surface area (Å²) in [5.74, 6) is 1.76. The van der Waals surface area contributed by atoms with Crippen LogP contribution >= 0.6 is 0 Å². The summed E-state index contributed by atoms with van der Waals surface area (Å²) in [7, 11) is 0. The molecular formula is C57H35NO2. The standard InChI is InChI=1S/C57H35NO2/c1-2-15-36(16-3-1)39-33-34-50(42-20-7-6-19-41(39)42)58(38-30-32-43-44-31-29-37-17-4-5-18-40(37)56(44)60-54(43)35-38)51-26-14-25-49-55(51)45-21-8-9-22-46(45)57(49)47-23-10-12-27-52(47)59-53-28-13-11-24-48(53)57/h1-35H. The highest BCUT2D eigenvalue weighted by Gasteiger charge is 2.52. The Balaban J connectivity index is 1.13. The molecular weight excluding hydrogens is 731 g/mol. The number of anilines is 3. The molecule has 2 heterocycles. The van der Waals surface area contributed by atoms with E-state index in [4.69, 9.17) is 9.15 Å². The molecule has 0 bridgehead atoms. The van der Waals surface area contributed by atoms with Gasteiger partial charge in [-0.15, -0.1) is 0 Å². The van der Waals surface area contributed by atoms with E-state index >= 15 is 0 Å². The first-order valence-corrected chi connectivity index (χ1v) is 20.6. The highest BCUT2D eigenvalue weighted by Crippen LogP contribution is 2.64. The first kappa shape index (κ1) is 33.1. The van der Waals surface area contributed by atoms with Crippen molar-refractivity contribution in [2.45, 2.75) is 5.41 Å². The van der Waals surface area contributed by atoms with Gasteiger partial charge in [0.2, 0.25) is 0 Å². The minimum Gasteiger partial charge on any atom is -0.457 e. The van der Waals surface area contributed by atoms with E-state index in [1.54, 1.807) is 0 Å². The van der Waals surface area contributed by atoms with Crippen LogP contribution in [-0.2, 0) is 5.41 Å². The molecule has 0 saturated heterocycles. The molecule has 13 rings (SSSR count). The maximum Gasteiger partial charge on any atom is 0.143 e. The van der Waals surface area contributed by atoms with Crippen molar-refractivity contribution >= 4 is 60.5 Å². The van der Waals surface area contributed by atoms with Crippen LogP contribution in [0.2, 0.25) is 0 Å². The number of rotatable bonds is 4. The maximum absolute atomic E-state index is 6.87. The number of benzene rings is 10. The Morgan fingerprint density at radius 2 is 1.03 bits per heavy atom. The van der Waals surface area contributed by atoms with Gasteiger partial charge in [0.1, 0.15) is 22.7 Å². The fraction of sp³-hybridized carbons (Fsp3) is 0.0175. The van der Waals surface area contributed by atoms with Gasteiger partial charge in [-0.25, -0.2) is 0 Å². The minimum absolute atomic E-state index is 0.595. The second kappa shape index (κ2) is 12.6. The van der Waals surface area contributed by atoms with Crippen molar-refractivity contribution in [2.24, 2.45) is 0 Å². The van der Waals surface area contributed by atoms with Gasteiger partial charge >= 0.3 is 0 Å². The third-order valence-corrected chi connectivity index (χ3v) is 12.9. The zero-order valence-corrected chi connectivity index (χ0v) is 32.5. The topological polar surface area (TPSA) is 25.6 Å². The van der Waals surface area contributed by atoms with E-state index in [9.17, 15) is 0 Å². The summed E-state index contributed by atoms with van der Waals surface area (Å²) in [6, 6.07) is 76.7. The molecule has 3 heteroatoms. The lowest BCUT2D eigenvalue weighted by Gasteiger charge is -2.39. The zero-order chi connectivity index (χ0) is 39.4. The summed E-state index contributed by atoms with van der Waals surface area (Å²) >= 11 is 0. The van der Waals surface area contributed by atoms with Gasteiger partial charge in [0.05, 0.1) is 16.8 Å². The largest absolute Gasteiger partial charge is 0.457 e. The van der Waals surface area contributed by atoms with Gasteiger partial charge in [0, 0.05) is 50.0 Å². The predicted octanol–water partition coefficient (Wildman–Crippen LogP) is 15.5. The second-order valence-corrected chi connectivity index (χ2v) is 15.9. The zero-order valence-electron chi connectivity index (χ0n) is 32.5. The van der Waals surface area contributed by atoms with Crippen LogP contribution in [0.1, 0.15) is 22.3 Å². The SMILES string of the molecule is c1ccc(-c2ccc(N(c3ccc4c(c3)oc3c5ccccc5ccc43)c3cccc4c3-c3ccccc3C43c4ccccc4Oc4ccccc43)c3ccccc23)cc1. The fourth-order valence-electron chi connectivity index (χ4n) is 10.5. The quantitative estimate of drug-likeness (QED) is 0.178. The molecule has 1 spiro atoms. The van der Waals surface area contributed by atoms with Gasteiger partial charge in [-0.3, -0.25) is 0 Å². The number of hydrogen-bond donors (Lipinski definition) is 0. The molecule has 0 fully saturated rings. The van der Waals surface area contributed by atoms with Gasteiger partial charge < -0.3 is 14.1 Å². The summed E-state index contributed by atoms with van der Waals surface area (Å²) < 4.78 is 13.5. The maximum atomic E-state index is 6.87. The number of hydrogen-bond acceptors (Lipinski definition) is 3. The van der Waals surface area contributed by atoms with E-state index in [1.165, 1.54) is 44.2 Å². The van der Waals surface area contributed by atoms with Gasteiger partial charge in [0.25, 0.3) is 0 Å². The van der Waals surface area contributed by atoms with Gasteiger partial charge in [-0.05, 0) is 81.1 Å². The third-order valence-electron chi connectivity index (χ3n) is 12.9. The third kappa shape index (κ3) is 4.49. The lowest BCUT2D eigenvalue weighted by atomic mass is 9.66. The van der Waals surface area contributed by atoms with Gasteiger partial charge in [-0.1, -0.05) is 164 Å². The van der Waals surface area contributed by atoms with Crippen molar-refractivity contribution in [3.63, 3.8) is 0 Å². The van der Waals surface area contributed by atoms with Crippen molar-refractivity contribution in [1.29, 1.82) is 0 Å². The molecule has 10 aromatic carbocycles. The smallest absolute Gasteiger partial charge is 0.143 e. The lowest BCUT2D eigenvalue weighted by Crippen LogP contribution is -2.32. The van der Waals surface area contributed by atoms with Crippen LogP contribution in [-0.4, -0.2) is 0 Å². The van der Waals surface area contributed by atoms with Crippen molar-refractivity contribution in [3.8, 4) is 33.8 Å². The van der Waals surface area contributed by atoms with E-state index in [0.29, 0.717) is 0 Å². The first-order chi connectivity index (χ1) is 29.8.